The monoisotopic (exact) mass is 290 g/mol. The number of benzene rings is 1. The SMILES string of the molecule is CC(=O)Nc1ccc(CC(=O)NC(C(=O)O)C2CC2)cc1. The minimum absolute atomic E-state index is 0.0635. The van der Waals surface area contributed by atoms with Gasteiger partial charge in [-0.15, -0.1) is 0 Å². The van der Waals surface area contributed by atoms with Crippen LogP contribution in [-0.4, -0.2) is 28.9 Å². The van der Waals surface area contributed by atoms with Gasteiger partial charge in [0, 0.05) is 12.6 Å². The normalized spacial score (nSPS) is 15.1. The first kappa shape index (κ1) is 15.0. The maximum Gasteiger partial charge on any atom is 0.326 e. The Morgan fingerprint density at radius 3 is 2.33 bits per heavy atom. The smallest absolute Gasteiger partial charge is 0.326 e. The van der Waals surface area contributed by atoms with Gasteiger partial charge in [0.25, 0.3) is 0 Å². The van der Waals surface area contributed by atoms with Gasteiger partial charge in [0.1, 0.15) is 6.04 Å². The summed E-state index contributed by atoms with van der Waals surface area (Å²) in [7, 11) is 0. The van der Waals surface area contributed by atoms with Crippen LogP contribution in [0.1, 0.15) is 25.3 Å². The third-order valence-electron chi connectivity index (χ3n) is 3.31. The zero-order valence-electron chi connectivity index (χ0n) is 11.8. The predicted octanol–water partition coefficient (Wildman–Crippen LogP) is 1.17. The predicted molar refractivity (Wildman–Crippen MR) is 76.7 cm³/mol. The first-order valence-corrected chi connectivity index (χ1v) is 6.84. The second kappa shape index (κ2) is 6.39. The number of carboxylic acids is 1. The van der Waals surface area contributed by atoms with Crippen LogP contribution in [0.15, 0.2) is 24.3 Å². The van der Waals surface area contributed by atoms with Crippen LogP contribution in [0.4, 0.5) is 5.69 Å². The van der Waals surface area contributed by atoms with Crippen LogP contribution >= 0.6 is 0 Å². The van der Waals surface area contributed by atoms with E-state index >= 15 is 0 Å². The molecule has 0 heterocycles. The van der Waals surface area contributed by atoms with Crippen LogP contribution in [-0.2, 0) is 20.8 Å². The number of carboxylic acid groups (broad SMARTS) is 1. The van der Waals surface area contributed by atoms with E-state index in [2.05, 4.69) is 10.6 Å². The van der Waals surface area contributed by atoms with Gasteiger partial charge in [0.2, 0.25) is 11.8 Å². The van der Waals surface area contributed by atoms with Crippen LogP contribution in [0.25, 0.3) is 0 Å². The Hall–Kier alpha value is -2.37. The molecule has 1 aliphatic carbocycles. The van der Waals surface area contributed by atoms with Gasteiger partial charge < -0.3 is 15.7 Å². The zero-order valence-corrected chi connectivity index (χ0v) is 11.8. The molecule has 1 unspecified atom stereocenters. The Kier molecular flexibility index (Phi) is 4.57. The Balaban J connectivity index is 1.89. The first-order chi connectivity index (χ1) is 9.95. The van der Waals surface area contributed by atoms with E-state index in [1.807, 2.05) is 0 Å². The van der Waals surface area contributed by atoms with E-state index in [-0.39, 0.29) is 24.2 Å². The molecule has 0 aliphatic heterocycles. The number of rotatable bonds is 6. The fraction of sp³-hybridized carbons (Fsp3) is 0.400. The van der Waals surface area contributed by atoms with Crippen LogP contribution in [0, 0.1) is 5.92 Å². The minimum atomic E-state index is -0.980. The van der Waals surface area contributed by atoms with E-state index in [0.29, 0.717) is 5.69 Å². The van der Waals surface area contributed by atoms with Gasteiger partial charge in [-0.25, -0.2) is 4.79 Å². The maximum absolute atomic E-state index is 11.9. The molecule has 112 valence electrons. The first-order valence-electron chi connectivity index (χ1n) is 6.84. The van der Waals surface area contributed by atoms with Crippen LogP contribution in [0.3, 0.4) is 0 Å². The summed E-state index contributed by atoms with van der Waals surface area (Å²) in [6.07, 6.45) is 1.82. The van der Waals surface area contributed by atoms with Crippen molar-refractivity contribution >= 4 is 23.5 Å². The van der Waals surface area contributed by atoms with Gasteiger partial charge >= 0.3 is 5.97 Å². The third kappa shape index (κ3) is 4.59. The highest BCUT2D eigenvalue weighted by molar-refractivity contribution is 5.89. The van der Waals surface area contributed by atoms with Gasteiger partial charge in [0.15, 0.2) is 0 Å². The molecule has 1 fully saturated rings. The van der Waals surface area contributed by atoms with Gasteiger partial charge in [-0.2, -0.15) is 0 Å². The molecule has 1 saturated carbocycles. The van der Waals surface area contributed by atoms with Crippen LogP contribution in [0.2, 0.25) is 0 Å². The Morgan fingerprint density at radius 2 is 1.86 bits per heavy atom. The number of nitrogens with one attached hydrogen (secondary N) is 2. The highest BCUT2D eigenvalue weighted by atomic mass is 16.4. The molecule has 0 spiro atoms. The number of hydrogen-bond acceptors (Lipinski definition) is 3. The van der Waals surface area contributed by atoms with Crippen molar-refractivity contribution in [2.75, 3.05) is 5.32 Å². The molecular formula is C15H18N2O4. The Labute approximate surface area is 122 Å². The molecule has 0 radical (unpaired) electrons. The molecule has 1 aromatic rings. The molecule has 1 aliphatic rings. The summed E-state index contributed by atoms with van der Waals surface area (Å²) in [6.45, 7) is 1.42. The molecule has 2 amide bonds. The van der Waals surface area contributed by atoms with Crippen molar-refractivity contribution in [3.63, 3.8) is 0 Å². The summed E-state index contributed by atoms with van der Waals surface area (Å²) >= 11 is 0. The Bertz CT molecular complexity index is 549. The van der Waals surface area contributed by atoms with E-state index in [1.165, 1.54) is 6.92 Å². The van der Waals surface area contributed by atoms with Gasteiger partial charge in [-0.1, -0.05) is 12.1 Å². The summed E-state index contributed by atoms with van der Waals surface area (Å²) < 4.78 is 0. The van der Waals surface area contributed by atoms with Gasteiger partial charge in [0.05, 0.1) is 6.42 Å². The minimum Gasteiger partial charge on any atom is -0.480 e. The fourth-order valence-corrected chi connectivity index (χ4v) is 2.13. The Morgan fingerprint density at radius 1 is 1.24 bits per heavy atom. The quantitative estimate of drug-likeness (QED) is 0.732. The van der Waals surface area contributed by atoms with E-state index in [1.54, 1.807) is 24.3 Å². The maximum atomic E-state index is 11.9. The average molecular weight is 290 g/mol. The lowest BCUT2D eigenvalue weighted by Crippen LogP contribution is -2.43. The van der Waals surface area contributed by atoms with Crippen molar-refractivity contribution in [2.45, 2.75) is 32.2 Å². The number of amides is 2. The molecule has 21 heavy (non-hydrogen) atoms. The molecular weight excluding hydrogens is 272 g/mol. The molecule has 0 bridgehead atoms. The number of anilines is 1. The molecule has 1 atom stereocenters. The van der Waals surface area contributed by atoms with E-state index < -0.39 is 12.0 Å². The van der Waals surface area contributed by atoms with E-state index in [4.69, 9.17) is 5.11 Å². The summed E-state index contributed by atoms with van der Waals surface area (Å²) in [4.78, 5) is 33.8. The van der Waals surface area contributed by atoms with Crippen molar-refractivity contribution in [2.24, 2.45) is 5.92 Å². The molecule has 0 saturated heterocycles. The second-order valence-electron chi connectivity index (χ2n) is 5.28. The average Bonchev–Trinajstić information content (AvgIpc) is 3.21. The largest absolute Gasteiger partial charge is 0.480 e. The number of hydrogen-bond donors (Lipinski definition) is 3. The van der Waals surface area contributed by atoms with Crippen molar-refractivity contribution < 1.29 is 19.5 Å². The summed E-state index contributed by atoms with van der Waals surface area (Å²) in [5, 5.41) is 14.3. The number of carbonyl (C=O) groups is 3. The van der Waals surface area contributed by atoms with Crippen molar-refractivity contribution in [1.29, 1.82) is 0 Å². The van der Waals surface area contributed by atoms with Gasteiger partial charge in [-0.3, -0.25) is 9.59 Å². The lowest BCUT2D eigenvalue weighted by Gasteiger charge is -2.13. The molecule has 2 rings (SSSR count). The lowest BCUT2D eigenvalue weighted by molar-refractivity contribution is -0.142. The third-order valence-corrected chi connectivity index (χ3v) is 3.31. The summed E-state index contributed by atoms with van der Waals surface area (Å²) in [6, 6.07) is 6.10. The lowest BCUT2D eigenvalue weighted by atomic mass is 10.1. The highest BCUT2D eigenvalue weighted by Crippen LogP contribution is 2.32. The van der Waals surface area contributed by atoms with Gasteiger partial charge in [-0.05, 0) is 36.5 Å². The molecule has 6 heteroatoms. The van der Waals surface area contributed by atoms with Crippen LogP contribution in [0.5, 0.6) is 0 Å². The standard InChI is InChI=1S/C15H18N2O4/c1-9(18)16-12-6-2-10(3-7-12)8-13(19)17-14(15(20)21)11-4-5-11/h2-3,6-7,11,14H,4-5,8H2,1H3,(H,16,18)(H,17,19)(H,20,21). The zero-order chi connectivity index (χ0) is 15.4. The summed E-state index contributed by atoms with van der Waals surface area (Å²) in [5.74, 6) is -1.38. The second-order valence-corrected chi connectivity index (χ2v) is 5.28. The van der Waals surface area contributed by atoms with E-state index in [9.17, 15) is 14.4 Å². The molecule has 6 nitrogen and oxygen atoms in total. The van der Waals surface area contributed by atoms with E-state index in [0.717, 1.165) is 18.4 Å². The summed E-state index contributed by atoms with van der Waals surface area (Å²) in [5.41, 5.74) is 1.43. The highest BCUT2D eigenvalue weighted by Gasteiger charge is 2.37. The van der Waals surface area contributed by atoms with Crippen molar-refractivity contribution in [3.8, 4) is 0 Å². The van der Waals surface area contributed by atoms with Crippen molar-refractivity contribution in [1.82, 2.24) is 5.32 Å². The van der Waals surface area contributed by atoms with Crippen molar-refractivity contribution in [3.05, 3.63) is 29.8 Å². The molecule has 0 aromatic heterocycles. The number of carbonyl (C=O) groups excluding carboxylic acids is 2. The molecule has 3 N–H and O–H groups in total. The topological polar surface area (TPSA) is 95.5 Å². The molecule has 1 aromatic carbocycles. The van der Waals surface area contributed by atoms with Crippen LogP contribution < -0.4 is 10.6 Å². The fourth-order valence-electron chi connectivity index (χ4n) is 2.13. The number of aliphatic carboxylic acids is 1.